The number of hydrogen-bond donors (Lipinski definition) is 1. The molecule has 0 spiro atoms. The molecule has 0 radical (unpaired) electrons. The van der Waals surface area contributed by atoms with E-state index in [2.05, 4.69) is 72.9 Å². The van der Waals surface area contributed by atoms with Crippen LogP contribution in [0.25, 0.3) is 0 Å². The van der Waals surface area contributed by atoms with Gasteiger partial charge in [0.1, 0.15) is 48.3 Å². The van der Waals surface area contributed by atoms with E-state index in [1.54, 1.807) is 14.2 Å². The van der Waals surface area contributed by atoms with Crippen LogP contribution in [0.5, 0.6) is 11.5 Å². The standard InChI is InChI=1S/C89H119NO13/c1-4-5-6-7-8-9-10-11-14-17-20-38-51-82(96-63-76-52-56-80(93-2)57-53-76)84(97-67-77-54-58-81(94-3)59-55-77)78(61-79(91)50-37-19-16-13-12-15-18-21-39-60-90-89(92)102-68-75-48-35-26-36-49-75)69-101-88-87(100-66-74-46-33-25-34-47-74)86(99-65-73-44-31-24-32-45-73)85(98-64-72-42-29-23-30-43-72)83(103-88)70-95-62-71-40-27-22-28-41-71/h22-36,40-49,52-59,78,82-88H,4-21,37-39,50-51,60-70H2,1-3H3,(H,90,92)/t78-,82+,83?,84-,85-,86-,87+,88-/m0/s1. The smallest absolute Gasteiger partial charge is 0.407 e. The van der Waals surface area contributed by atoms with Crippen molar-refractivity contribution in [2.45, 2.75) is 250 Å². The molecule has 1 unspecified atom stereocenters. The van der Waals surface area contributed by atoms with Crippen LogP contribution in [0.3, 0.4) is 0 Å². The molecule has 1 saturated heterocycles. The summed E-state index contributed by atoms with van der Waals surface area (Å²) in [7, 11) is 3.35. The molecule has 8 rings (SSSR count). The van der Waals surface area contributed by atoms with E-state index < -0.39 is 48.8 Å². The van der Waals surface area contributed by atoms with Crippen molar-refractivity contribution in [3.8, 4) is 11.5 Å². The summed E-state index contributed by atoms with van der Waals surface area (Å²) in [5.74, 6) is 1.17. The number of alkyl carbamates (subject to hydrolysis) is 1. The van der Waals surface area contributed by atoms with E-state index in [-0.39, 0.29) is 64.5 Å². The second kappa shape index (κ2) is 50.2. The number of nitrogens with one attached hydrogen (secondary N) is 1. The molecule has 0 aromatic heterocycles. The van der Waals surface area contributed by atoms with Crippen LogP contribution in [0.2, 0.25) is 0 Å². The topological polar surface area (TPSA) is 148 Å². The third-order valence-corrected chi connectivity index (χ3v) is 19.3. The number of unbranched alkanes of at least 4 members (excludes halogenated alkanes) is 19. The lowest BCUT2D eigenvalue weighted by molar-refractivity contribution is -0.331. The van der Waals surface area contributed by atoms with Gasteiger partial charge in [0, 0.05) is 25.3 Å². The zero-order valence-electron chi connectivity index (χ0n) is 62.0. The molecule has 7 aromatic rings. The van der Waals surface area contributed by atoms with Gasteiger partial charge in [0.2, 0.25) is 0 Å². The first-order chi connectivity index (χ1) is 50.8. The van der Waals surface area contributed by atoms with Crippen molar-refractivity contribution < 1.29 is 61.7 Å². The Bertz CT molecular complexity index is 3260. The predicted molar refractivity (Wildman–Crippen MR) is 409 cm³/mol. The van der Waals surface area contributed by atoms with Gasteiger partial charge in [0.15, 0.2) is 6.29 Å². The first kappa shape index (κ1) is 81.4. The summed E-state index contributed by atoms with van der Waals surface area (Å²) in [4.78, 5) is 27.4. The van der Waals surface area contributed by atoms with Crippen molar-refractivity contribution in [2.24, 2.45) is 5.92 Å². The van der Waals surface area contributed by atoms with Crippen LogP contribution in [0, 0.1) is 5.92 Å². The van der Waals surface area contributed by atoms with Gasteiger partial charge in [-0.25, -0.2) is 4.79 Å². The lowest BCUT2D eigenvalue weighted by Gasteiger charge is -2.46. The fraction of sp³-hybridized carbons (Fsp3) is 0.506. The molecule has 0 aliphatic carbocycles. The fourth-order valence-electron chi connectivity index (χ4n) is 13.3. The first-order valence-electron chi connectivity index (χ1n) is 38.6. The van der Waals surface area contributed by atoms with E-state index in [0.717, 1.165) is 127 Å². The quantitative estimate of drug-likeness (QED) is 0.0361. The average Bonchev–Trinajstić information content (AvgIpc) is 0.787. The van der Waals surface area contributed by atoms with Crippen LogP contribution >= 0.6 is 0 Å². The number of ketones is 1. The summed E-state index contributed by atoms with van der Waals surface area (Å²) >= 11 is 0. The Kier molecular flexibility index (Phi) is 39.7. The first-order valence-corrected chi connectivity index (χ1v) is 38.6. The highest BCUT2D eigenvalue weighted by molar-refractivity contribution is 5.78. The maximum absolute atomic E-state index is 15.1. The highest BCUT2D eigenvalue weighted by atomic mass is 16.7. The normalized spacial score (nSPS) is 16.7. The molecule has 0 saturated carbocycles. The van der Waals surface area contributed by atoms with Gasteiger partial charge in [0.05, 0.1) is 79.3 Å². The van der Waals surface area contributed by atoms with Crippen molar-refractivity contribution in [2.75, 3.05) is 34.0 Å². The molecule has 1 amide bonds. The van der Waals surface area contributed by atoms with Gasteiger partial charge in [-0.05, 0) is 82.5 Å². The van der Waals surface area contributed by atoms with Crippen molar-refractivity contribution in [1.82, 2.24) is 5.32 Å². The van der Waals surface area contributed by atoms with Gasteiger partial charge in [-0.2, -0.15) is 0 Å². The Morgan fingerprint density at radius 3 is 1.30 bits per heavy atom. The predicted octanol–water partition coefficient (Wildman–Crippen LogP) is 20.4. The monoisotopic (exact) mass is 1410 g/mol. The number of benzene rings is 7. The van der Waals surface area contributed by atoms with Crippen LogP contribution in [0.15, 0.2) is 200 Å². The largest absolute Gasteiger partial charge is 0.497 e. The number of methoxy groups -OCH3 is 2. The molecule has 7 aromatic carbocycles. The van der Waals surface area contributed by atoms with E-state index in [1.165, 1.54) is 57.8 Å². The molecule has 8 atom stereocenters. The van der Waals surface area contributed by atoms with Gasteiger partial charge < -0.3 is 57.4 Å². The molecule has 1 aliphatic rings. The Morgan fingerprint density at radius 1 is 0.408 bits per heavy atom. The molecule has 103 heavy (non-hydrogen) atoms. The molecule has 1 heterocycles. The van der Waals surface area contributed by atoms with Crippen molar-refractivity contribution in [3.05, 3.63) is 239 Å². The molecular formula is C89H119NO13. The fourth-order valence-corrected chi connectivity index (χ4v) is 13.3. The molecule has 1 fully saturated rings. The minimum atomic E-state index is -1.02. The Balaban J connectivity index is 1.05. The van der Waals surface area contributed by atoms with Gasteiger partial charge in [-0.3, -0.25) is 4.79 Å². The minimum Gasteiger partial charge on any atom is -0.497 e. The van der Waals surface area contributed by atoms with E-state index in [4.69, 9.17) is 52.1 Å². The van der Waals surface area contributed by atoms with Crippen LogP contribution in [-0.2, 0) is 93.7 Å². The number of amides is 1. The van der Waals surface area contributed by atoms with E-state index in [1.807, 2.05) is 140 Å². The molecule has 0 bridgehead atoms. The summed E-state index contributed by atoms with van der Waals surface area (Å²) in [5, 5.41) is 2.89. The maximum atomic E-state index is 15.1. The molecule has 1 N–H and O–H groups in total. The van der Waals surface area contributed by atoms with E-state index >= 15 is 4.79 Å². The average molecular weight is 1410 g/mol. The number of Topliss-reactive ketones (excluding diaryl/α,β-unsaturated/α-hetero) is 1. The zero-order valence-corrected chi connectivity index (χ0v) is 62.0. The summed E-state index contributed by atoms with van der Waals surface area (Å²) in [5.41, 5.74) is 6.94. The van der Waals surface area contributed by atoms with Gasteiger partial charge in [-0.15, -0.1) is 0 Å². The highest BCUT2D eigenvalue weighted by Gasteiger charge is 2.50. The number of hydrogen-bond acceptors (Lipinski definition) is 13. The van der Waals surface area contributed by atoms with Crippen LogP contribution in [0.1, 0.15) is 200 Å². The summed E-state index contributed by atoms with van der Waals surface area (Å²) in [6.45, 7) is 5.11. The third kappa shape index (κ3) is 32.3. The van der Waals surface area contributed by atoms with Crippen molar-refractivity contribution in [1.29, 1.82) is 0 Å². The number of carbonyl (C=O) groups excluding carboxylic acids is 2. The lowest BCUT2D eigenvalue weighted by Crippen LogP contribution is -2.62. The number of ether oxygens (including phenoxy) is 11. The van der Waals surface area contributed by atoms with Crippen molar-refractivity contribution in [3.63, 3.8) is 0 Å². The van der Waals surface area contributed by atoms with Gasteiger partial charge in [0.25, 0.3) is 0 Å². The van der Waals surface area contributed by atoms with Crippen molar-refractivity contribution >= 4 is 11.9 Å². The van der Waals surface area contributed by atoms with Gasteiger partial charge in [-0.1, -0.05) is 305 Å². The third-order valence-electron chi connectivity index (χ3n) is 19.3. The second-order valence-electron chi connectivity index (χ2n) is 27.6. The molecular weight excluding hydrogens is 1290 g/mol. The van der Waals surface area contributed by atoms with Crippen LogP contribution in [-0.4, -0.2) is 88.8 Å². The Hall–Kier alpha value is -7.24. The van der Waals surface area contributed by atoms with Crippen LogP contribution in [0.4, 0.5) is 4.79 Å². The minimum absolute atomic E-state index is 0.0721. The zero-order chi connectivity index (χ0) is 71.8. The highest BCUT2D eigenvalue weighted by Crippen LogP contribution is 2.35. The summed E-state index contributed by atoms with van der Waals surface area (Å²) in [6, 6.07) is 66.3. The lowest BCUT2D eigenvalue weighted by atomic mass is 9.89. The number of rotatable bonds is 55. The Labute approximate surface area is 616 Å². The van der Waals surface area contributed by atoms with E-state index in [9.17, 15) is 4.79 Å². The van der Waals surface area contributed by atoms with E-state index in [0.29, 0.717) is 32.6 Å². The molecule has 14 nitrogen and oxygen atoms in total. The van der Waals surface area contributed by atoms with Crippen LogP contribution < -0.4 is 14.8 Å². The molecule has 1 aliphatic heterocycles. The molecule has 558 valence electrons. The summed E-state index contributed by atoms with van der Waals surface area (Å²) < 4.78 is 73.9. The molecule has 14 heteroatoms. The SMILES string of the molecule is CCCCCCCCCCCCCC[C@@H](OCc1ccc(OC)cc1)[C@@H](OCc1ccc(OC)cc1)[C@H](CO[C@H]1OC(COCc2ccccc2)[C@H](OCc2ccccc2)[C@H](OCc2ccccc2)[C@H]1OCc1ccccc1)CC(=O)CCCCCCCCCCCNC(=O)OCc1ccccc1. The summed E-state index contributed by atoms with van der Waals surface area (Å²) in [6.07, 6.45) is 19.9. The second-order valence-corrected chi connectivity index (χ2v) is 27.6. The Morgan fingerprint density at radius 2 is 0.816 bits per heavy atom. The number of carbonyl (C=O) groups is 2. The maximum Gasteiger partial charge on any atom is 0.407 e. The van der Waals surface area contributed by atoms with Gasteiger partial charge >= 0.3 is 6.09 Å².